The first-order valence-electron chi connectivity index (χ1n) is 17.3. The highest BCUT2D eigenvalue weighted by Crippen LogP contribution is 2.49. The lowest BCUT2D eigenvalue weighted by Crippen LogP contribution is -2.61. The van der Waals surface area contributed by atoms with Gasteiger partial charge in [-0.25, -0.2) is 22.6 Å². The molecule has 7 rings (SSSR count). The number of nitriles is 1. The van der Waals surface area contributed by atoms with Crippen molar-refractivity contribution < 1.29 is 36.6 Å². The normalized spacial score (nSPS) is 21.7. The Hall–Kier alpha value is -4.82. The molecule has 0 spiro atoms. The zero-order valence-electron chi connectivity index (χ0n) is 29.0. The third kappa shape index (κ3) is 6.11. The Balaban J connectivity index is 1.24. The molecule has 4 aliphatic heterocycles. The first kappa shape index (κ1) is 35.6. The van der Waals surface area contributed by atoms with E-state index in [9.17, 15) is 18.5 Å². The second kappa shape index (κ2) is 14.3. The molecule has 0 saturated carbocycles. The fourth-order valence-corrected chi connectivity index (χ4v) is 9.09. The molecule has 16 heteroatoms. The molecule has 274 valence electrons. The number of carbonyl (C=O) groups excluding carboxylic acids is 2. The zero-order chi connectivity index (χ0) is 36.6. The predicted octanol–water partition coefficient (Wildman–Crippen LogP) is 2.67. The highest BCUT2D eigenvalue weighted by Gasteiger charge is 2.59. The van der Waals surface area contributed by atoms with Crippen LogP contribution in [-0.4, -0.2) is 118 Å². The molecular formula is C36H40FN7O7S. The van der Waals surface area contributed by atoms with E-state index in [4.69, 9.17) is 14.2 Å². The molecule has 0 bridgehead atoms. The van der Waals surface area contributed by atoms with Crippen LogP contribution in [0.3, 0.4) is 0 Å². The molecule has 4 aliphatic rings. The van der Waals surface area contributed by atoms with Gasteiger partial charge in [0.15, 0.2) is 5.54 Å². The number of benzene rings is 2. The molecule has 5 heterocycles. The number of nitrogens with one attached hydrogen (secondary N) is 1. The topological polar surface area (TPSA) is 158 Å². The minimum atomic E-state index is -4.94. The standard InChI is InChI=1S/C36H40FN7O7S/c1-3-51-33-28(5-4-12-39-33)36(40-35(46)43-17-15-42(16-18-43)25-10-13-41(14-11-25)26-22-50-23-26)29-19-24(21-38)6-8-31(29)44(34(36)45)52(47,48)32-9-7-27(49-2)20-30(32)37/h4-9,12,19-20,25-26H,3,10-11,13-18,22-23H2,1-2H3,(H,40,46). The van der Waals surface area contributed by atoms with Crippen molar-refractivity contribution in [3.05, 3.63) is 77.2 Å². The number of piperazine rings is 1. The summed E-state index contributed by atoms with van der Waals surface area (Å²) in [5.41, 5.74) is -2.23. The Kier molecular flexibility index (Phi) is 9.79. The molecule has 52 heavy (non-hydrogen) atoms. The summed E-state index contributed by atoms with van der Waals surface area (Å²) in [5, 5.41) is 12.8. The third-order valence-electron chi connectivity index (χ3n) is 10.4. The van der Waals surface area contributed by atoms with E-state index >= 15 is 9.18 Å². The first-order chi connectivity index (χ1) is 25.1. The van der Waals surface area contributed by atoms with Crippen molar-refractivity contribution in [2.24, 2.45) is 0 Å². The predicted molar refractivity (Wildman–Crippen MR) is 186 cm³/mol. The molecule has 1 unspecified atom stereocenters. The molecule has 3 amide bonds. The van der Waals surface area contributed by atoms with Gasteiger partial charge in [0.1, 0.15) is 16.5 Å². The minimum absolute atomic E-state index is 0.00129. The molecule has 3 saturated heterocycles. The lowest BCUT2D eigenvalue weighted by Gasteiger charge is -2.46. The minimum Gasteiger partial charge on any atom is -0.497 e. The Morgan fingerprint density at radius 2 is 1.77 bits per heavy atom. The molecule has 3 fully saturated rings. The number of nitrogens with zero attached hydrogens (tertiary/aromatic N) is 6. The van der Waals surface area contributed by atoms with Gasteiger partial charge in [-0.3, -0.25) is 14.6 Å². The van der Waals surface area contributed by atoms with Crippen LogP contribution in [0.4, 0.5) is 14.9 Å². The number of fused-ring (bicyclic) bond motifs is 1. The number of urea groups is 1. The number of amides is 3. The lowest BCUT2D eigenvalue weighted by molar-refractivity contribution is -0.121. The number of pyridine rings is 1. The van der Waals surface area contributed by atoms with E-state index in [2.05, 4.69) is 20.1 Å². The Bertz CT molecular complexity index is 2010. The second-order valence-corrected chi connectivity index (χ2v) is 14.9. The van der Waals surface area contributed by atoms with Gasteiger partial charge >= 0.3 is 6.03 Å². The van der Waals surface area contributed by atoms with Gasteiger partial charge in [-0.2, -0.15) is 9.57 Å². The Morgan fingerprint density at radius 3 is 2.40 bits per heavy atom. The van der Waals surface area contributed by atoms with Crippen LogP contribution < -0.4 is 19.1 Å². The summed E-state index contributed by atoms with van der Waals surface area (Å²) in [6, 6.07) is 12.6. The number of aromatic nitrogens is 1. The number of hydrogen-bond donors (Lipinski definition) is 1. The van der Waals surface area contributed by atoms with Crippen LogP contribution in [0.1, 0.15) is 36.5 Å². The molecule has 0 radical (unpaired) electrons. The molecule has 1 atom stereocenters. The summed E-state index contributed by atoms with van der Waals surface area (Å²) < 4.78 is 60.8. The van der Waals surface area contributed by atoms with Crippen LogP contribution in [0.2, 0.25) is 0 Å². The quantitative estimate of drug-likeness (QED) is 0.345. The van der Waals surface area contributed by atoms with Crippen LogP contribution in [0.5, 0.6) is 11.6 Å². The van der Waals surface area contributed by atoms with E-state index in [0.29, 0.717) is 42.6 Å². The van der Waals surface area contributed by atoms with Crippen LogP contribution in [0.15, 0.2) is 59.6 Å². The zero-order valence-corrected chi connectivity index (χ0v) is 29.8. The van der Waals surface area contributed by atoms with E-state index in [1.54, 1.807) is 11.8 Å². The van der Waals surface area contributed by atoms with Crippen LogP contribution in [-0.2, 0) is 25.1 Å². The summed E-state index contributed by atoms with van der Waals surface area (Å²) in [6.45, 7) is 7.41. The number of ether oxygens (including phenoxy) is 3. The number of rotatable bonds is 9. The van der Waals surface area contributed by atoms with Gasteiger partial charge in [0, 0.05) is 63.1 Å². The van der Waals surface area contributed by atoms with Crippen molar-refractivity contribution in [3.63, 3.8) is 0 Å². The second-order valence-electron chi connectivity index (χ2n) is 13.2. The van der Waals surface area contributed by atoms with Crippen molar-refractivity contribution in [1.82, 2.24) is 25.0 Å². The number of hydrogen-bond acceptors (Lipinski definition) is 11. The summed E-state index contributed by atoms with van der Waals surface area (Å²) in [4.78, 5) is 39.4. The molecular weight excluding hydrogens is 694 g/mol. The van der Waals surface area contributed by atoms with Gasteiger partial charge in [0.25, 0.3) is 15.9 Å². The van der Waals surface area contributed by atoms with Gasteiger partial charge in [-0.15, -0.1) is 0 Å². The average molecular weight is 734 g/mol. The van der Waals surface area contributed by atoms with Gasteiger partial charge in [-0.1, -0.05) is 0 Å². The van der Waals surface area contributed by atoms with E-state index in [1.165, 1.54) is 49.7 Å². The smallest absolute Gasteiger partial charge is 0.318 e. The van der Waals surface area contributed by atoms with Gasteiger partial charge in [0.2, 0.25) is 5.88 Å². The lowest BCUT2D eigenvalue weighted by atomic mass is 9.83. The van der Waals surface area contributed by atoms with Crippen LogP contribution in [0.25, 0.3) is 0 Å². The van der Waals surface area contributed by atoms with Crippen molar-refractivity contribution >= 4 is 27.6 Å². The maximum absolute atomic E-state index is 15.4. The number of carbonyl (C=O) groups is 2. The summed E-state index contributed by atoms with van der Waals surface area (Å²) >= 11 is 0. The molecule has 3 aromatic rings. The molecule has 2 aromatic carbocycles. The van der Waals surface area contributed by atoms with E-state index in [1.807, 2.05) is 6.07 Å². The van der Waals surface area contributed by atoms with Crippen molar-refractivity contribution in [3.8, 4) is 17.7 Å². The molecule has 1 aromatic heterocycles. The highest BCUT2D eigenvalue weighted by atomic mass is 32.2. The maximum Gasteiger partial charge on any atom is 0.318 e. The van der Waals surface area contributed by atoms with Gasteiger partial charge < -0.3 is 24.4 Å². The number of halogens is 1. The van der Waals surface area contributed by atoms with Crippen molar-refractivity contribution in [2.45, 2.75) is 42.3 Å². The van der Waals surface area contributed by atoms with E-state index < -0.39 is 38.2 Å². The number of sulfonamides is 1. The van der Waals surface area contributed by atoms with Crippen LogP contribution in [0, 0.1) is 17.1 Å². The number of methoxy groups -OCH3 is 1. The van der Waals surface area contributed by atoms with Gasteiger partial charge in [-0.05, 0) is 62.2 Å². The Morgan fingerprint density at radius 1 is 1.04 bits per heavy atom. The monoisotopic (exact) mass is 733 g/mol. The Labute approximate surface area is 301 Å². The summed E-state index contributed by atoms with van der Waals surface area (Å²) in [7, 11) is -3.63. The first-order valence-corrected chi connectivity index (χ1v) is 18.8. The fraction of sp³-hybridized carbons (Fsp3) is 0.444. The van der Waals surface area contributed by atoms with Crippen molar-refractivity contribution in [1.29, 1.82) is 5.26 Å². The molecule has 1 N–H and O–H groups in total. The molecule has 14 nitrogen and oxygen atoms in total. The summed E-state index contributed by atoms with van der Waals surface area (Å²) in [6.07, 6.45) is 3.50. The van der Waals surface area contributed by atoms with E-state index in [0.717, 1.165) is 51.3 Å². The number of piperidine rings is 1. The van der Waals surface area contributed by atoms with Gasteiger partial charge in [0.05, 0.1) is 55.9 Å². The fourth-order valence-electron chi connectivity index (χ4n) is 7.57. The third-order valence-corrected chi connectivity index (χ3v) is 12.1. The average Bonchev–Trinajstić information content (AvgIpc) is 3.38. The number of anilines is 1. The SMILES string of the molecule is CCOc1ncccc1C1(NC(=O)N2CCN(C3CCN(C4COC4)CC3)CC2)C(=O)N(S(=O)(=O)c2ccc(OC)cc2F)c2ccc(C#N)cc21. The van der Waals surface area contributed by atoms with E-state index in [-0.39, 0.29) is 40.6 Å². The number of likely N-dealkylation sites (tertiary alicyclic amines) is 1. The largest absolute Gasteiger partial charge is 0.497 e. The maximum atomic E-state index is 15.4. The van der Waals surface area contributed by atoms with Crippen molar-refractivity contribution in [2.75, 3.05) is 70.5 Å². The highest BCUT2D eigenvalue weighted by molar-refractivity contribution is 7.93. The van der Waals surface area contributed by atoms with Crippen LogP contribution >= 0.6 is 0 Å². The molecule has 0 aliphatic carbocycles. The summed E-state index contributed by atoms with van der Waals surface area (Å²) in [5.74, 6) is -2.19.